The molecule has 0 radical (unpaired) electrons. The minimum absolute atomic E-state index is 0.0506. The van der Waals surface area contributed by atoms with Crippen LogP contribution >= 0.6 is 0 Å². The molecule has 2 aliphatic heterocycles. The van der Waals surface area contributed by atoms with E-state index in [0.29, 0.717) is 51.0 Å². The van der Waals surface area contributed by atoms with Crippen molar-refractivity contribution in [2.45, 2.75) is 10.8 Å². The van der Waals surface area contributed by atoms with Gasteiger partial charge in [0.1, 0.15) is 11.5 Å². The van der Waals surface area contributed by atoms with Crippen LogP contribution in [0.15, 0.2) is 127 Å². The highest BCUT2D eigenvalue weighted by molar-refractivity contribution is 6.39. The lowest BCUT2D eigenvalue weighted by atomic mass is 9.59. The van der Waals surface area contributed by atoms with Gasteiger partial charge < -0.3 is 18.9 Å². The van der Waals surface area contributed by atoms with Gasteiger partial charge in [-0.15, -0.1) is 0 Å². The zero-order chi connectivity index (χ0) is 34.2. The molecule has 2 bridgehead atoms. The van der Waals surface area contributed by atoms with E-state index in [-0.39, 0.29) is 12.6 Å². The number of benzene rings is 5. The first-order valence-electron chi connectivity index (χ1n) is 16.4. The summed E-state index contributed by atoms with van der Waals surface area (Å²) >= 11 is 0. The Morgan fingerprint density at radius 2 is 1.04 bits per heavy atom. The number of nitrogens with zero attached hydrogens (tertiary/aromatic N) is 1. The van der Waals surface area contributed by atoms with Crippen molar-refractivity contribution in [1.82, 2.24) is 0 Å². The molecule has 8 heteroatoms. The number of fused-ring (bicyclic) bond motifs is 6. The van der Waals surface area contributed by atoms with E-state index < -0.39 is 34.5 Å². The second kappa shape index (κ2) is 10.9. The summed E-state index contributed by atoms with van der Waals surface area (Å²) in [6.45, 7) is 0.0506. The highest BCUT2D eigenvalue weighted by atomic mass is 16.7. The number of carbonyl (C=O) groups is 3. The minimum atomic E-state index is -1.52. The van der Waals surface area contributed by atoms with Crippen molar-refractivity contribution < 1.29 is 33.3 Å². The van der Waals surface area contributed by atoms with Gasteiger partial charge in [0.2, 0.25) is 18.6 Å². The molecule has 0 unspecified atom stereocenters. The number of anilines is 1. The molecule has 50 heavy (non-hydrogen) atoms. The molecule has 2 aliphatic carbocycles. The zero-order valence-electron chi connectivity index (χ0n) is 27.3. The average Bonchev–Trinajstić information content (AvgIpc) is 3.87. The molecule has 0 spiro atoms. The Balaban J connectivity index is 1.41. The first kappa shape index (κ1) is 29.9. The maximum absolute atomic E-state index is 16.1. The van der Waals surface area contributed by atoms with Gasteiger partial charge >= 0.3 is 0 Å². The summed E-state index contributed by atoms with van der Waals surface area (Å²) in [5.41, 5.74) is 1.53. The maximum atomic E-state index is 16.1. The van der Waals surface area contributed by atoms with Crippen molar-refractivity contribution >= 4 is 34.4 Å². The van der Waals surface area contributed by atoms with Gasteiger partial charge in [0.05, 0.1) is 42.6 Å². The molecule has 2 amide bonds. The fraction of sp³-hybridized carbons (Fsp3) is 0.167. The predicted octanol–water partition coefficient (Wildman–Crippen LogP) is 6.62. The summed E-state index contributed by atoms with van der Waals surface area (Å²) in [5.74, 6) is -0.867. The number of ether oxygens (including phenoxy) is 4. The molecular weight excluding hydrogens is 630 g/mol. The molecule has 2 heterocycles. The number of imide groups is 1. The van der Waals surface area contributed by atoms with Crippen LogP contribution in [0, 0.1) is 11.8 Å². The van der Waals surface area contributed by atoms with Crippen molar-refractivity contribution in [1.29, 1.82) is 0 Å². The number of hydrogen-bond acceptors (Lipinski definition) is 7. The monoisotopic (exact) mass is 661 g/mol. The van der Waals surface area contributed by atoms with Gasteiger partial charge in [0.15, 0.2) is 17.3 Å². The Kier molecular flexibility index (Phi) is 6.55. The number of Topliss-reactive ketones (excluding diaryl/α,β-unsaturated/α-hetero) is 1. The molecule has 5 aromatic rings. The molecule has 8 nitrogen and oxygen atoms in total. The molecule has 9 rings (SSSR count). The number of amides is 2. The summed E-state index contributed by atoms with van der Waals surface area (Å²) in [7, 11) is 3.21. The van der Waals surface area contributed by atoms with Crippen LogP contribution in [0.2, 0.25) is 0 Å². The van der Waals surface area contributed by atoms with Crippen LogP contribution in [0.1, 0.15) is 22.3 Å². The first-order valence-corrected chi connectivity index (χ1v) is 16.4. The van der Waals surface area contributed by atoms with Gasteiger partial charge in [-0.05, 0) is 69.8 Å². The van der Waals surface area contributed by atoms with E-state index in [1.54, 1.807) is 32.4 Å². The number of allylic oxidation sites excluding steroid dienone is 2. The fourth-order valence-electron chi connectivity index (χ4n) is 8.92. The summed E-state index contributed by atoms with van der Waals surface area (Å²) in [5, 5.41) is 0. The van der Waals surface area contributed by atoms with E-state index in [1.165, 1.54) is 4.90 Å². The van der Waals surface area contributed by atoms with Crippen molar-refractivity contribution in [3.63, 3.8) is 0 Å². The van der Waals surface area contributed by atoms with E-state index in [0.717, 1.165) is 11.1 Å². The number of carbonyl (C=O) groups excluding carboxylic acids is 3. The van der Waals surface area contributed by atoms with Gasteiger partial charge in [-0.25, -0.2) is 4.90 Å². The van der Waals surface area contributed by atoms with Crippen molar-refractivity contribution in [3.8, 4) is 23.0 Å². The molecule has 4 aliphatic rings. The Hall–Kier alpha value is -6.15. The molecule has 0 aromatic heterocycles. The van der Waals surface area contributed by atoms with Crippen LogP contribution < -0.4 is 23.8 Å². The average molecular weight is 662 g/mol. The zero-order valence-corrected chi connectivity index (χ0v) is 27.3. The smallest absolute Gasteiger partial charge is 0.239 e. The van der Waals surface area contributed by atoms with Crippen LogP contribution in [0.3, 0.4) is 0 Å². The summed E-state index contributed by atoms with van der Waals surface area (Å²) < 4.78 is 22.2. The fourth-order valence-corrected chi connectivity index (χ4v) is 8.92. The maximum Gasteiger partial charge on any atom is 0.239 e. The second-order valence-corrected chi connectivity index (χ2v) is 12.9. The summed E-state index contributed by atoms with van der Waals surface area (Å²) in [6, 6.07) is 39.1. The predicted molar refractivity (Wildman–Crippen MR) is 186 cm³/mol. The summed E-state index contributed by atoms with van der Waals surface area (Å²) in [6.07, 6.45) is 0. The van der Waals surface area contributed by atoms with E-state index in [1.807, 2.05) is 109 Å². The largest absolute Gasteiger partial charge is 0.497 e. The van der Waals surface area contributed by atoms with E-state index in [4.69, 9.17) is 18.9 Å². The normalized spacial score (nSPS) is 24.6. The third-order valence-corrected chi connectivity index (χ3v) is 10.8. The van der Waals surface area contributed by atoms with Gasteiger partial charge in [0, 0.05) is 6.07 Å². The lowest BCUT2D eigenvalue weighted by Crippen LogP contribution is -2.45. The second-order valence-electron chi connectivity index (χ2n) is 12.9. The van der Waals surface area contributed by atoms with Crippen LogP contribution in [0.4, 0.5) is 5.69 Å². The van der Waals surface area contributed by atoms with Gasteiger partial charge in [-0.3, -0.25) is 14.4 Å². The van der Waals surface area contributed by atoms with Crippen molar-refractivity contribution in [3.05, 3.63) is 150 Å². The number of methoxy groups -OCH3 is 2. The Morgan fingerprint density at radius 3 is 1.50 bits per heavy atom. The van der Waals surface area contributed by atoms with Gasteiger partial charge in [-0.1, -0.05) is 84.9 Å². The molecule has 1 saturated carbocycles. The van der Waals surface area contributed by atoms with Crippen LogP contribution in [0.25, 0.3) is 11.1 Å². The number of ketones is 1. The van der Waals surface area contributed by atoms with Crippen LogP contribution in [-0.2, 0) is 25.2 Å². The summed E-state index contributed by atoms with van der Waals surface area (Å²) in [4.78, 5) is 47.8. The Morgan fingerprint density at radius 1 is 0.580 bits per heavy atom. The van der Waals surface area contributed by atoms with E-state index >= 15 is 14.4 Å². The molecule has 246 valence electrons. The topological polar surface area (TPSA) is 91.4 Å². The Bertz CT molecular complexity index is 2100. The van der Waals surface area contributed by atoms with E-state index in [9.17, 15) is 0 Å². The highest BCUT2D eigenvalue weighted by Crippen LogP contribution is 2.74. The molecule has 4 atom stereocenters. The van der Waals surface area contributed by atoms with Crippen molar-refractivity contribution in [2.24, 2.45) is 11.8 Å². The SMILES string of the molecule is COc1ccc(C2=C(c3ccc(OC)cc3)[C@]3(c4ccccc4)C(=O)[C@@]2(c2ccccc2)[C@@H]2C(=O)N(c4ccc5c(c4)OCO5)C(=O)[C@@H]23)cc1. The van der Waals surface area contributed by atoms with Gasteiger partial charge in [-0.2, -0.15) is 0 Å². The number of hydrogen-bond donors (Lipinski definition) is 0. The quantitative estimate of drug-likeness (QED) is 0.181. The molecule has 1 saturated heterocycles. The lowest BCUT2D eigenvalue weighted by Gasteiger charge is -2.39. The lowest BCUT2D eigenvalue weighted by molar-refractivity contribution is -0.130. The van der Waals surface area contributed by atoms with Crippen LogP contribution in [0.5, 0.6) is 23.0 Å². The van der Waals surface area contributed by atoms with Gasteiger partial charge in [0.25, 0.3) is 0 Å². The molecule has 0 N–H and O–H groups in total. The molecule has 2 fully saturated rings. The number of rotatable bonds is 7. The Labute approximate surface area is 288 Å². The third kappa shape index (κ3) is 3.73. The standard InChI is InChI=1S/C42H31NO7/c1-47-30-18-13-25(14-19-30)34-35(26-15-20-31(48-2)21-16-26)42(28-11-7-4-8-12-28)37-36(41(34,40(42)46)27-9-5-3-6-10-27)38(44)43(39(37)45)29-17-22-32-33(23-29)50-24-49-32/h3-23,36-37H,24H2,1-2H3/t36-,37+,41+,42-. The molecule has 5 aromatic carbocycles. The highest BCUT2D eigenvalue weighted by Gasteiger charge is 2.82. The van der Waals surface area contributed by atoms with E-state index in [2.05, 4.69) is 0 Å². The van der Waals surface area contributed by atoms with Crippen LogP contribution in [-0.4, -0.2) is 38.6 Å². The minimum Gasteiger partial charge on any atom is -0.497 e. The third-order valence-electron chi connectivity index (χ3n) is 10.8. The van der Waals surface area contributed by atoms with Crippen molar-refractivity contribution in [2.75, 3.05) is 25.9 Å². The first-order chi connectivity index (χ1) is 24.5. The molecular formula is C42H31NO7.